The summed E-state index contributed by atoms with van der Waals surface area (Å²) in [6, 6.07) is 0. The number of ether oxygens (including phenoxy) is 4. The topological polar surface area (TPSA) is 112 Å². The van der Waals surface area contributed by atoms with E-state index in [9.17, 15) is 19.5 Å². The van der Waals surface area contributed by atoms with E-state index in [-0.39, 0.29) is 5.57 Å². The molecule has 0 saturated carbocycles. The zero-order valence-corrected chi connectivity index (χ0v) is 19.3. The minimum absolute atomic E-state index is 0.206. The number of esters is 3. The summed E-state index contributed by atoms with van der Waals surface area (Å²) in [4.78, 5) is 35.7. The monoisotopic (exact) mass is 448 g/mol. The molecule has 0 aromatic rings. The Kier molecular flexibility index (Phi) is 6.95. The van der Waals surface area contributed by atoms with E-state index in [4.69, 9.17) is 18.9 Å². The summed E-state index contributed by atoms with van der Waals surface area (Å²) >= 11 is 0. The Hall–Kier alpha value is -2.45. The minimum Gasteiger partial charge on any atom is -0.459 e. The lowest BCUT2D eigenvalue weighted by Gasteiger charge is -2.26. The van der Waals surface area contributed by atoms with E-state index in [1.165, 1.54) is 13.8 Å². The number of aliphatic hydroxyl groups is 1. The molecule has 2 aliphatic heterocycles. The maximum atomic E-state index is 12.3. The van der Waals surface area contributed by atoms with Crippen molar-refractivity contribution in [1.29, 1.82) is 0 Å². The lowest BCUT2D eigenvalue weighted by molar-refractivity contribution is -0.149. The van der Waals surface area contributed by atoms with Crippen LogP contribution in [-0.2, 0) is 33.3 Å². The van der Waals surface area contributed by atoms with Gasteiger partial charge in [0.15, 0.2) is 0 Å². The zero-order valence-electron chi connectivity index (χ0n) is 19.3. The number of epoxide rings is 1. The van der Waals surface area contributed by atoms with Crippen LogP contribution in [0.15, 0.2) is 35.5 Å². The second kappa shape index (κ2) is 9.19. The number of fused-ring (bicyclic) bond motifs is 3. The lowest BCUT2D eigenvalue weighted by atomic mass is 9.82. The predicted octanol–water partition coefficient (Wildman–Crippen LogP) is 2.54. The molecule has 1 aliphatic carbocycles. The van der Waals surface area contributed by atoms with Gasteiger partial charge in [-0.15, -0.1) is 0 Å². The third-order valence-electron chi connectivity index (χ3n) is 6.49. The first-order valence-corrected chi connectivity index (χ1v) is 10.9. The molecule has 7 atom stereocenters. The molecule has 2 saturated heterocycles. The fourth-order valence-corrected chi connectivity index (χ4v) is 4.60. The van der Waals surface area contributed by atoms with E-state index in [1.807, 2.05) is 26.0 Å². The average Bonchev–Trinajstić information content (AvgIpc) is 3.29. The van der Waals surface area contributed by atoms with Crippen molar-refractivity contribution in [3.8, 4) is 0 Å². The van der Waals surface area contributed by atoms with Crippen LogP contribution in [-0.4, -0.2) is 59.1 Å². The maximum Gasteiger partial charge on any atom is 0.334 e. The highest BCUT2D eigenvalue weighted by Crippen LogP contribution is 2.50. The molecule has 8 nitrogen and oxygen atoms in total. The standard InChI is InChI=1S/C24H32O8/c1-12-7-9-18(29-15(4)25)13(2)8-10-19(30-16(5)26)24(6)22(32-24)21-20(17(27)11-12)14(3)23(28)31-21/h7-8,17-22,27H,3,9-11H2,1-2,4-6H3/b12-7+,13-8+/t17-,18+,19-,20-,21+,22?,24+/m1/s1. The molecule has 1 unspecified atom stereocenters. The number of rotatable bonds is 2. The summed E-state index contributed by atoms with van der Waals surface area (Å²) in [5.41, 5.74) is 1.01. The first-order valence-electron chi connectivity index (χ1n) is 10.9. The molecule has 1 N–H and O–H groups in total. The van der Waals surface area contributed by atoms with Crippen molar-refractivity contribution in [2.45, 2.75) is 90.0 Å². The summed E-state index contributed by atoms with van der Waals surface area (Å²) < 4.78 is 22.6. The summed E-state index contributed by atoms with van der Waals surface area (Å²) in [6.45, 7) is 12.0. The number of hydrogen-bond donors (Lipinski definition) is 1. The molecule has 3 aliphatic rings. The highest BCUT2D eigenvalue weighted by Gasteiger charge is 2.67. The number of carbonyl (C=O) groups is 3. The van der Waals surface area contributed by atoms with Gasteiger partial charge in [-0.1, -0.05) is 24.3 Å². The van der Waals surface area contributed by atoms with Gasteiger partial charge >= 0.3 is 17.9 Å². The van der Waals surface area contributed by atoms with E-state index in [0.717, 1.165) is 11.1 Å². The SMILES string of the molecule is C=C1C(=O)O[C@@H]2C3O[C@@]3(C)[C@H](OC(C)=O)C/C=C(\C)[C@@H](OC(C)=O)C/C=C(\C)C[C@@H](O)[C@@H]12. The van der Waals surface area contributed by atoms with Gasteiger partial charge in [-0.2, -0.15) is 0 Å². The Morgan fingerprint density at radius 1 is 1.16 bits per heavy atom. The molecule has 2 heterocycles. The Morgan fingerprint density at radius 3 is 2.44 bits per heavy atom. The van der Waals surface area contributed by atoms with E-state index >= 15 is 0 Å². The van der Waals surface area contributed by atoms with Crippen LogP contribution in [0.4, 0.5) is 0 Å². The van der Waals surface area contributed by atoms with Crippen molar-refractivity contribution < 1.29 is 38.4 Å². The quantitative estimate of drug-likeness (QED) is 0.226. The third kappa shape index (κ3) is 4.96. The van der Waals surface area contributed by atoms with Crippen LogP contribution in [0.25, 0.3) is 0 Å². The lowest BCUT2D eigenvalue weighted by Crippen LogP contribution is -2.40. The molecule has 3 rings (SSSR count). The second-order valence-electron chi connectivity index (χ2n) is 9.08. The largest absolute Gasteiger partial charge is 0.459 e. The van der Waals surface area contributed by atoms with Crippen LogP contribution < -0.4 is 0 Å². The fourth-order valence-electron chi connectivity index (χ4n) is 4.60. The highest BCUT2D eigenvalue weighted by atomic mass is 16.7. The third-order valence-corrected chi connectivity index (χ3v) is 6.49. The fraction of sp³-hybridized carbons (Fsp3) is 0.625. The molecule has 176 valence electrons. The molecule has 0 radical (unpaired) electrons. The van der Waals surface area contributed by atoms with Gasteiger partial charge in [-0.3, -0.25) is 9.59 Å². The summed E-state index contributed by atoms with van der Waals surface area (Å²) in [7, 11) is 0. The van der Waals surface area contributed by atoms with Crippen molar-refractivity contribution >= 4 is 17.9 Å². The Labute approximate surface area is 188 Å². The van der Waals surface area contributed by atoms with Gasteiger partial charge in [0.1, 0.15) is 30.0 Å². The molecule has 0 bridgehead atoms. The zero-order chi connectivity index (χ0) is 23.8. The van der Waals surface area contributed by atoms with Crippen molar-refractivity contribution in [1.82, 2.24) is 0 Å². The van der Waals surface area contributed by atoms with Crippen molar-refractivity contribution in [2.75, 3.05) is 0 Å². The predicted molar refractivity (Wildman–Crippen MR) is 114 cm³/mol. The Morgan fingerprint density at radius 2 is 1.81 bits per heavy atom. The van der Waals surface area contributed by atoms with Crippen LogP contribution in [0.3, 0.4) is 0 Å². The van der Waals surface area contributed by atoms with Crippen LogP contribution in [0.2, 0.25) is 0 Å². The smallest absolute Gasteiger partial charge is 0.334 e. The molecular formula is C24H32O8. The van der Waals surface area contributed by atoms with Gasteiger partial charge in [0, 0.05) is 32.3 Å². The van der Waals surface area contributed by atoms with Crippen molar-refractivity contribution in [3.05, 3.63) is 35.5 Å². The van der Waals surface area contributed by atoms with Gasteiger partial charge in [-0.05, 0) is 32.8 Å². The van der Waals surface area contributed by atoms with Crippen LogP contribution >= 0.6 is 0 Å². The number of hydrogen-bond acceptors (Lipinski definition) is 8. The van der Waals surface area contributed by atoms with E-state index < -0.39 is 59.9 Å². The van der Waals surface area contributed by atoms with E-state index in [1.54, 1.807) is 6.92 Å². The summed E-state index contributed by atoms with van der Waals surface area (Å²) in [5, 5.41) is 11.0. The molecule has 0 aromatic carbocycles. The maximum absolute atomic E-state index is 12.3. The van der Waals surface area contributed by atoms with E-state index in [0.29, 0.717) is 19.3 Å². The van der Waals surface area contributed by atoms with E-state index in [2.05, 4.69) is 6.58 Å². The highest BCUT2D eigenvalue weighted by molar-refractivity contribution is 5.91. The van der Waals surface area contributed by atoms with Crippen LogP contribution in [0.1, 0.15) is 53.9 Å². The van der Waals surface area contributed by atoms with Gasteiger partial charge in [0.05, 0.1) is 12.0 Å². The second-order valence-corrected chi connectivity index (χ2v) is 9.08. The van der Waals surface area contributed by atoms with Crippen LogP contribution in [0, 0.1) is 5.92 Å². The first kappa shape index (κ1) is 24.2. The Bertz CT molecular complexity index is 871. The molecule has 0 amide bonds. The molecular weight excluding hydrogens is 416 g/mol. The normalized spacial score (nSPS) is 40.9. The van der Waals surface area contributed by atoms with Crippen molar-refractivity contribution in [2.24, 2.45) is 5.92 Å². The van der Waals surface area contributed by atoms with Gasteiger partial charge in [-0.25, -0.2) is 4.79 Å². The van der Waals surface area contributed by atoms with Gasteiger partial charge < -0.3 is 24.1 Å². The minimum atomic E-state index is -0.914. The molecule has 2 fully saturated rings. The molecule has 32 heavy (non-hydrogen) atoms. The van der Waals surface area contributed by atoms with Crippen LogP contribution in [0.5, 0.6) is 0 Å². The van der Waals surface area contributed by atoms with Gasteiger partial charge in [0.2, 0.25) is 0 Å². The average molecular weight is 449 g/mol. The Balaban J connectivity index is 1.99. The summed E-state index contributed by atoms with van der Waals surface area (Å²) in [6.07, 6.45) is 1.52. The summed E-state index contributed by atoms with van der Waals surface area (Å²) in [5.74, 6) is -2.06. The molecule has 0 aromatic heterocycles. The number of aliphatic hydroxyl groups excluding tert-OH is 1. The molecule has 8 heteroatoms. The molecule has 0 spiro atoms. The van der Waals surface area contributed by atoms with Gasteiger partial charge in [0.25, 0.3) is 0 Å². The number of carbonyl (C=O) groups excluding carboxylic acids is 3. The first-order chi connectivity index (χ1) is 14.9. The van der Waals surface area contributed by atoms with Crippen molar-refractivity contribution in [3.63, 3.8) is 0 Å².